The van der Waals surface area contributed by atoms with E-state index in [1.807, 2.05) is 32.0 Å². The Hall–Kier alpha value is -3.15. The minimum atomic E-state index is -0.907. The molecule has 3 aromatic rings. The molecular weight excluding hydrogens is 452 g/mol. The van der Waals surface area contributed by atoms with Crippen molar-refractivity contribution >= 4 is 17.1 Å². The number of nitrogens with one attached hydrogen (secondary N) is 1. The molecular formula is C24H34N6O5. The quantitative estimate of drug-likeness (QED) is 0.442. The van der Waals surface area contributed by atoms with Gasteiger partial charge in [0.2, 0.25) is 5.95 Å². The van der Waals surface area contributed by atoms with E-state index >= 15 is 0 Å². The number of nitrogens with zero attached hydrogens (tertiary/aromatic N) is 5. The van der Waals surface area contributed by atoms with Gasteiger partial charge in [-0.3, -0.25) is 18.8 Å². The van der Waals surface area contributed by atoms with Crippen LogP contribution < -0.4 is 21.3 Å². The molecule has 0 bridgehead atoms. The van der Waals surface area contributed by atoms with E-state index in [1.54, 1.807) is 11.6 Å². The lowest BCUT2D eigenvalue weighted by Gasteiger charge is -2.26. The summed E-state index contributed by atoms with van der Waals surface area (Å²) in [7, 11) is 3.02. The van der Waals surface area contributed by atoms with Crippen LogP contribution in [0.3, 0.4) is 0 Å². The van der Waals surface area contributed by atoms with Crippen LogP contribution in [-0.4, -0.2) is 80.8 Å². The van der Waals surface area contributed by atoms with Gasteiger partial charge in [0.1, 0.15) is 18.5 Å². The topological polar surface area (TPSA) is 116 Å². The maximum Gasteiger partial charge on any atom is 0.332 e. The number of benzene rings is 1. The summed E-state index contributed by atoms with van der Waals surface area (Å²) < 4.78 is 15.2. The standard InChI is InChI=1S/C24H34N6O5/c1-16-5-6-19(13-17(16)2)35-15-18(31)14-30-20-21(27(3)24(33)28(4)22(20)32)26-23(30)25-7-8-29-9-11-34-12-10-29/h5-6,13,18,31H,7-12,14-15H2,1-4H3,(H,25,26)/t18-/m1/s1. The Balaban J connectivity index is 1.56. The normalized spacial score (nSPS) is 15.5. The van der Waals surface area contributed by atoms with Crippen molar-refractivity contribution in [1.82, 2.24) is 23.6 Å². The molecule has 0 aliphatic carbocycles. The lowest BCUT2D eigenvalue weighted by molar-refractivity contribution is 0.0398. The molecule has 4 rings (SSSR count). The molecule has 1 aliphatic rings. The van der Waals surface area contributed by atoms with Crippen LogP contribution in [0, 0.1) is 13.8 Å². The van der Waals surface area contributed by atoms with Gasteiger partial charge in [-0.15, -0.1) is 0 Å². The lowest BCUT2D eigenvalue weighted by atomic mass is 10.1. The third-order valence-corrected chi connectivity index (χ3v) is 6.48. The molecule has 1 fully saturated rings. The van der Waals surface area contributed by atoms with Crippen molar-refractivity contribution < 1.29 is 14.6 Å². The van der Waals surface area contributed by atoms with E-state index in [0.29, 0.717) is 31.5 Å². The highest BCUT2D eigenvalue weighted by molar-refractivity contribution is 5.74. The van der Waals surface area contributed by atoms with Crippen LogP contribution >= 0.6 is 0 Å². The molecule has 0 amide bonds. The van der Waals surface area contributed by atoms with Crippen LogP contribution in [0.4, 0.5) is 5.95 Å². The van der Waals surface area contributed by atoms with Gasteiger partial charge in [0.15, 0.2) is 11.2 Å². The van der Waals surface area contributed by atoms with E-state index in [1.165, 1.54) is 11.6 Å². The highest BCUT2D eigenvalue weighted by atomic mass is 16.5. The number of imidazole rings is 1. The Morgan fingerprint density at radius 3 is 2.60 bits per heavy atom. The molecule has 190 valence electrons. The van der Waals surface area contributed by atoms with Crippen LogP contribution in [0.15, 0.2) is 27.8 Å². The molecule has 3 heterocycles. The monoisotopic (exact) mass is 486 g/mol. The second-order valence-corrected chi connectivity index (χ2v) is 9.02. The first-order chi connectivity index (χ1) is 16.8. The largest absolute Gasteiger partial charge is 0.491 e. The van der Waals surface area contributed by atoms with Crippen LogP contribution in [0.2, 0.25) is 0 Å². The summed E-state index contributed by atoms with van der Waals surface area (Å²) in [5.41, 5.74) is 1.89. The summed E-state index contributed by atoms with van der Waals surface area (Å²) in [5, 5.41) is 14.1. The molecule has 0 unspecified atom stereocenters. The van der Waals surface area contributed by atoms with Gasteiger partial charge in [-0.05, 0) is 37.1 Å². The third kappa shape index (κ3) is 5.42. The molecule has 1 aliphatic heterocycles. The molecule has 11 heteroatoms. The van der Waals surface area contributed by atoms with Gasteiger partial charge in [0.25, 0.3) is 5.56 Å². The molecule has 0 saturated carbocycles. The van der Waals surface area contributed by atoms with Crippen molar-refractivity contribution in [2.75, 3.05) is 51.3 Å². The molecule has 1 atom stereocenters. The first kappa shape index (κ1) is 25.0. The number of aliphatic hydroxyl groups is 1. The molecule has 35 heavy (non-hydrogen) atoms. The number of rotatable bonds is 9. The first-order valence-corrected chi connectivity index (χ1v) is 11.8. The highest BCUT2D eigenvalue weighted by Gasteiger charge is 2.21. The van der Waals surface area contributed by atoms with Crippen LogP contribution in [-0.2, 0) is 25.4 Å². The van der Waals surface area contributed by atoms with Gasteiger partial charge in [0.05, 0.1) is 19.8 Å². The van der Waals surface area contributed by atoms with Gasteiger partial charge < -0.3 is 24.5 Å². The fraction of sp³-hybridized carbons (Fsp3) is 0.542. The fourth-order valence-corrected chi connectivity index (χ4v) is 4.17. The Morgan fingerprint density at radius 1 is 1.14 bits per heavy atom. The maximum absolute atomic E-state index is 13.0. The second-order valence-electron chi connectivity index (χ2n) is 9.02. The Kier molecular flexibility index (Phi) is 7.58. The van der Waals surface area contributed by atoms with Gasteiger partial charge in [-0.1, -0.05) is 6.07 Å². The summed E-state index contributed by atoms with van der Waals surface area (Å²) in [6, 6.07) is 5.77. The molecule has 0 radical (unpaired) electrons. The highest BCUT2D eigenvalue weighted by Crippen LogP contribution is 2.19. The number of aryl methyl sites for hydroxylation is 3. The Morgan fingerprint density at radius 2 is 1.89 bits per heavy atom. The van der Waals surface area contributed by atoms with Crippen molar-refractivity contribution in [3.63, 3.8) is 0 Å². The van der Waals surface area contributed by atoms with Crippen molar-refractivity contribution in [3.05, 3.63) is 50.2 Å². The number of hydrogen-bond donors (Lipinski definition) is 2. The van der Waals surface area contributed by atoms with E-state index in [-0.39, 0.29) is 24.3 Å². The SMILES string of the molecule is Cc1ccc(OC[C@H](O)Cn2c(NCCN3CCOCC3)nc3c2c(=O)n(C)c(=O)n3C)cc1C. The summed E-state index contributed by atoms with van der Waals surface area (Å²) in [6.07, 6.45) is -0.907. The van der Waals surface area contributed by atoms with E-state index in [2.05, 4.69) is 15.2 Å². The number of fused-ring (bicyclic) bond motifs is 1. The molecule has 11 nitrogen and oxygen atoms in total. The van der Waals surface area contributed by atoms with Gasteiger partial charge in [-0.25, -0.2) is 4.79 Å². The van der Waals surface area contributed by atoms with Crippen molar-refractivity contribution in [2.24, 2.45) is 14.1 Å². The van der Waals surface area contributed by atoms with Gasteiger partial charge in [0, 0.05) is 40.3 Å². The van der Waals surface area contributed by atoms with Crippen molar-refractivity contribution in [3.8, 4) is 5.75 Å². The van der Waals surface area contributed by atoms with E-state index in [4.69, 9.17) is 9.47 Å². The van der Waals surface area contributed by atoms with Gasteiger partial charge >= 0.3 is 5.69 Å². The van der Waals surface area contributed by atoms with E-state index in [0.717, 1.165) is 35.3 Å². The number of aliphatic hydroxyl groups excluding tert-OH is 1. The fourth-order valence-electron chi connectivity index (χ4n) is 4.17. The Bertz CT molecular complexity index is 1300. The predicted octanol–water partition coefficient (Wildman–Crippen LogP) is 0.235. The zero-order valence-electron chi connectivity index (χ0n) is 20.8. The third-order valence-electron chi connectivity index (χ3n) is 6.48. The number of ether oxygens (including phenoxy) is 2. The van der Waals surface area contributed by atoms with Crippen molar-refractivity contribution in [1.29, 1.82) is 0 Å². The minimum Gasteiger partial charge on any atom is -0.491 e. The molecule has 1 saturated heterocycles. The summed E-state index contributed by atoms with van der Waals surface area (Å²) in [5.74, 6) is 1.10. The first-order valence-electron chi connectivity index (χ1n) is 11.8. The maximum atomic E-state index is 13.0. The molecule has 2 aromatic heterocycles. The molecule has 0 spiro atoms. The summed E-state index contributed by atoms with van der Waals surface area (Å²) in [6.45, 7) is 8.67. The van der Waals surface area contributed by atoms with Crippen LogP contribution in [0.1, 0.15) is 11.1 Å². The smallest absolute Gasteiger partial charge is 0.332 e. The summed E-state index contributed by atoms with van der Waals surface area (Å²) >= 11 is 0. The molecule has 2 N–H and O–H groups in total. The number of aromatic nitrogens is 4. The Labute approximate surface area is 203 Å². The van der Waals surface area contributed by atoms with Crippen molar-refractivity contribution in [2.45, 2.75) is 26.5 Å². The molecule has 1 aromatic carbocycles. The van der Waals surface area contributed by atoms with Crippen LogP contribution in [0.5, 0.6) is 5.75 Å². The number of hydrogen-bond acceptors (Lipinski definition) is 8. The zero-order valence-corrected chi connectivity index (χ0v) is 20.8. The van der Waals surface area contributed by atoms with E-state index in [9.17, 15) is 14.7 Å². The zero-order chi connectivity index (χ0) is 25.1. The average Bonchev–Trinajstić information content (AvgIpc) is 3.21. The van der Waals surface area contributed by atoms with Crippen LogP contribution in [0.25, 0.3) is 11.2 Å². The summed E-state index contributed by atoms with van der Waals surface area (Å²) in [4.78, 5) is 32.3. The minimum absolute atomic E-state index is 0.0431. The average molecular weight is 487 g/mol. The second kappa shape index (κ2) is 10.6. The number of anilines is 1. The lowest BCUT2D eigenvalue weighted by Crippen LogP contribution is -2.39. The van der Waals surface area contributed by atoms with Gasteiger partial charge in [-0.2, -0.15) is 4.98 Å². The predicted molar refractivity (Wildman–Crippen MR) is 133 cm³/mol. The van der Waals surface area contributed by atoms with E-state index < -0.39 is 17.4 Å². The number of morpholine rings is 1.